The van der Waals surface area contributed by atoms with Crippen LogP contribution in [0, 0.1) is 0 Å². The molecule has 7 heteroatoms. The number of rotatable bonds is 4. The summed E-state index contributed by atoms with van der Waals surface area (Å²) in [5.74, 6) is 0.826. The van der Waals surface area contributed by atoms with E-state index in [1.165, 1.54) is 0 Å². The zero-order valence-corrected chi connectivity index (χ0v) is 9.58. The van der Waals surface area contributed by atoms with E-state index in [9.17, 15) is 0 Å². The summed E-state index contributed by atoms with van der Waals surface area (Å²) in [7, 11) is 0. The van der Waals surface area contributed by atoms with Gasteiger partial charge in [0.1, 0.15) is 0 Å². The summed E-state index contributed by atoms with van der Waals surface area (Å²) >= 11 is 0. The summed E-state index contributed by atoms with van der Waals surface area (Å²) < 4.78 is 7.17. The third-order valence-electron chi connectivity index (χ3n) is 2.96. The van der Waals surface area contributed by atoms with Crippen LogP contribution in [0.1, 0.15) is 19.8 Å². The van der Waals surface area contributed by atoms with Gasteiger partial charge in [-0.3, -0.25) is 4.98 Å². The molecule has 1 N–H and O–H groups in total. The standard InChI is InChI=1S/C10H14N6O/c1-2-17-8-3-7(4-8)12-9-5-11-6-10-13-14-15-16(9)10/h5-8,12H,2-4H2,1H3. The molecule has 0 atom stereocenters. The lowest BCUT2D eigenvalue weighted by molar-refractivity contribution is 0.00288. The monoisotopic (exact) mass is 234 g/mol. The van der Waals surface area contributed by atoms with Gasteiger partial charge in [-0.05, 0) is 30.2 Å². The maximum absolute atomic E-state index is 5.52. The van der Waals surface area contributed by atoms with E-state index in [0.29, 0.717) is 17.8 Å². The van der Waals surface area contributed by atoms with Gasteiger partial charge in [0.25, 0.3) is 0 Å². The summed E-state index contributed by atoms with van der Waals surface area (Å²) in [5, 5.41) is 14.7. The van der Waals surface area contributed by atoms with Crippen molar-refractivity contribution in [2.24, 2.45) is 0 Å². The molecule has 1 saturated carbocycles. The van der Waals surface area contributed by atoms with Crippen molar-refractivity contribution in [1.82, 2.24) is 25.0 Å². The molecule has 90 valence electrons. The summed E-state index contributed by atoms with van der Waals surface area (Å²) in [6.07, 6.45) is 5.80. The number of fused-ring (bicyclic) bond motifs is 1. The minimum absolute atomic E-state index is 0.388. The summed E-state index contributed by atoms with van der Waals surface area (Å²) in [6, 6.07) is 0.420. The van der Waals surface area contributed by atoms with E-state index >= 15 is 0 Å². The normalized spacial score (nSPS) is 23.6. The maximum atomic E-state index is 5.52. The fourth-order valence-electron chi connectivity index (χ4n) is 2.04. The van der Waals surface area contributed by atoms with Gasteiger partial charge in [0.05, 0.1) is 18.5 Å². The molecular formula is C10H14N6O. The van der Waals surface area contributed by atoms with E-state index in [1.54, 1.807) is 16.9 Å². The van der Waals surface area contributed by atoms with Crippen molar-refractivity contribution in [3.63, 3.8) is 0 Å². The fourth-order valence-corrected chi connectivity index (χ4v) is 2.04. The zero-order valence-electron chi connectivity index (χ0n) is 9.58. The molecule has 2 heterocycles. The SMILES string of the molecule is CCOC1CC(Nc2cncc3nnnn23)C1. The summed E-state index contributed by atoms with van der Waals surface area (Å²) in [5.41, 5.74) is 0.649. The molecule has 0 radical (unpaired) electrons. The average molecular weight is 234 g/mol. The predicted molar refractivity (Wildman–Crippen MR) is 60.6 cm³/mol. The quantitative estimate of drug-likeness (QED) is 0.830. The first-order valence-corrected chi connectivity index (χ1v) is 5.77. The highest BCUT2D eigenvalue weighted by atomic mass is 16.5. The average Bonchev–Trinajstić information content (AvgIpc) is 2.75. The van der Waals surface area contributed by atoms with Crippen LogP contribution >= 0.6 is 0 Å². The Bertz CT molecular complexity index is 506. The Morgan fingerprint density at radius 2 is 2.35 bits per heavy atom. The number of nitrogens with one attached hydrogen (secondary N) is 1. The molecule has 0 amide bonds. The minimum atomic E-state index is 0.388. The number of tetrazole rings is 1. The molecule has 0 spiro atoms. The molecule has 0 saturated heterocycles. The highest BCUT2D eigenvalue weighted by Gasteiger charge is 2.29. The first kappa shape index (κ1) is 10.4. The van der Waals surface area contributed by atoms with Gasteiger partial charge in [0.2, 0.25) is 0 Å². The molecule has 17 heavy (non-hydrogen) atoms. The van der Waals surface area contributed by atoms with Gasteiger partial charge in [-0.25, -0.2) is 0 Å². The van der Waals surface area contributed by atoms with Crippen LogP contribution < -0.4 is 5.32 Å². The van der Waals surface area contributed by atoms with Crippen LogP contribution in [-0.2, 0) is 4.74 Å². The Labute approximate surface area is 98.2 Å². The third kappa shape index (κ3) is 1.93. The zero-order chi connectivity index (χ0) is 11.7. The Kier molecular flexibility index (Phi) is 2.60. The Morgan fingerprint density at radius 1 is 1.47 bits per heavy atom. The van der Waals surface area contributed by atoms with Gasteiger partial charge < -0.3 is 10.1 Å². The van der Waals surface area contributed by atoms with E-state index in [0.717, 1.165) is 25.3 Å². The topological polar surface area (TPSA) is 77.2 Å². The van der Waals surface area contributed by atoms with Crippen LogP contribution in [0.25, 0.3) is 5.65 Å². The Balaban J connectivity index is 1.68. The van der Waals surface area contributed by atoms with Crippen molar-refractivity contribution in [1.29, 1.82) is 0 Å². The van der Waals surface area contributed by atoms with Crippen molar-refractivity contribution in [3.05, 3.63) is 12.4 Å². The van der Waals surface area contributed by atoms with Crippen LogP contribution in [0.5, 0.6) is 0 Å². The van der Waals surface area contributed by atoms with E-state index in [4.69, 9.17) is 4.74 Å². The van der Waals surface area contributed by atoms with E-state index < -0.39 is 0 Å². The van der Waals surface area contributed by atoms with Gasteiger partial charge in [-0.2, -0.15) is 4.52 Å². The lowest BCUT2D eigenvalue weighted by atomic mass is 9.89. The van der Waals surface area contributed by atoms with Gasteiger partial charge in [-0.15, -0.1) is 5.10 Å². The first-order chi connectivity index (χ1) is 8.36. The third-order valence-corrected chi connectivity index (χ3v) is 2.96. The molecular weight excluding hydrogens is 220 g/mol. The molecule has 0 aromatic carbocycles. The van der Waals surface area contributed by atoms with Gasteiger partial charge in [0.15, 0.2) is 11.5 Å². The number of ether oxygens (including phenoxy) is 1. The van der Waals surface area contributed by atoms with Crippen molar-refractivity contribution >= 4 is 11.5 Å². The van der Waals surface area contributed by atoms with Crippen molar-refractivity contribution in [2.75, 3.05) is 11.9 Å². The molecule has 1 aliphatic rings. The largest absolute Gasteiger partial charge is 0.378 e. The molecule has 2 aromatic heterocycles. The van der Waals surface area contributed by atoms with Crippen LogP contribution in [0.15, 0.2) is 12.4 Å². The van der Waals surface area contributed by atoms with Gasteiger partial charge >= 0.3 is 0 Å². The van der Waals surface area contributed by atoms with Crippen molar-refractivity contribution in [3.8, 4) is 0 Å². The molecule has 0 bridgehead atoms. The fraction of sp³-hybridized carbons (Fsp3) is 0.600. The molecule has 1 aliphatic carbocycles. The molecule has 2 aromatic rings. The lowest BCUT2D eigenvalue weighted by Crippen LogP contribution is -2.41. The van der Waals surface area contributed by atoms with Gasteiger partial charge in [0, 0.05) is 12.6 Å². The second kappa shape index (κ2) is 4.25. The van der Waals surface area contributed by atoms with E-state index in [-0.39, 0.29) is 0 Å². The lowest BCUT2D eigenvalue weighted by Gasteiger charge is -2.35. The van der Waals surface area contributed by atoms with Crippen LogP contribution in [-0.4, -0.2) is 43.8 Å². The predicted octanol–water partition coefficient (Wildman–Crippen LogP) is 0.499. The molecule has 3 rings (SSSR count). The maximum Gasteiger partial charge on any atom is 0.199 e. The molecule has 7 nitrogen and oxygen atoms in total. The molecule has 0 aliphatic heterocycles. The molecule has 0 unspecified atom stereocenters. The van der Waals surface area contributed by atoms with E-state index in [2.05, 4.69) is 25.8 Å². The van der Waals surface area contributed by atoms with Crippen LogP contribution in [0.2, 0.25) is 0 Å². The highest BCUT2D eigenvalue weighted by Crippen LogP contribution is 2.26. The second-order valence-corrected chi connectivity index (χ2v) is 4.13. The minimum Gasteiger partial charge on any atom is -0.378 e. The van der Waals surface area contributed by atoms with Crippen LogP contribution in [0.4, 0.5) is 5.82 Å². The molecule has 1 fully saturated rings. The Hall–Kier alpha value is -1.76. The second-order valence-electron chi connectivity index (χ2n) is 4.13. The number of hydrogen-bond donors (Lipinski definition) is 1. The van der Waals surface area contributed by atoms with Gasteiger partial charge in [-0.1, -0.05) is 0 Å². The number of aromatic nitrogens is 5. The highest BCUT2D eigenvalue weighted by molar-refractivity contribution is 5.44. The van der Waals surface area contributed by atoms with Crippen LogP contribution in [0.3, 0.4) is 0 Å². The first-order valence-electron chi connectivity index (χ1n) is 5.77. The smallest absolute Gasteiger partial charge is 0.199 e. The summed E-state index contributed by atoms with van der Waals surface area (Å²) in [6.45, 7) is 2.80. The number of hydrogen-bond acceptors (Lipinski definition) is 6. The Morgan fingerprint density at radius 3 is 3.18 bits per heavy atom. The number of nitrogens with zero attached hydrogens (tertiary/aromatic N) is 5. The van der Waals surface area contributed by atoms with Crippen molar-refractivity contribution in [2.45, 2.75) is 31.9 Å². The van der Waals surface area contributed by atoms with Crippen molar-refractivity contribution < 1.29 is 4.74 Å². The van der Waals surface area contributed by atoms with E-state index in [1.807, 2.05) is 6.92 Å². The number of anilines is 1. The summed E-state index contributed by atoms with van der Waals surface area (Å²) in [4.78, 5) is 4.09.